The van der Waals surface area contributed by atoms with E-state index in [4.69, 9.17) is 14.2 Å². The summed E-state index contributed by atoms with van der Waals surface area (Å²) in [5.74, 6) is -0.859. The Kier molecular flexibility index (Phi) is 66.6. The van der Waals surface area contributed by atoms with Crippen LogP contribution in [0.5, 0.6) is 0 Å². The molecule has 0 aliphatic rings. The highest BCUT2D eigenvalue weighted by atomic mass is 16.6. The van der Waals surface area contributed by atoms with Gasteiger partial charge in [0.15, 0.2) is 6.10 Å². The molecule has 0 rings (SSSR count). The predicted octanol–water partition coefficient (Wildman–Crippen LogP) is 24.5. The first-order valence-corrected chi connectivity index (χ1v) is 35.6. The van der Waals surface area contributed by atoms with Gasteiger partial charge in [0.25, 0.3) is 0 Å². The van der Waals surface area contributed by atoms with E-state index in [2.05, 4.69) is 69.4 Å². The van der Waals surface area contributed by atoms with Gasteiger partial charge in [0.05, 0.1) is 0 Å². The first-order chi connectivity index (χ1) is 39.5. The summed E-state index contributed by atoms with van der Waals surface area (Å²) in [5, 5.41) is 0. The number of carbonyl (C=O) groups is 3. The molecule has 1 atom stereocenters. The second-order valence-corrected chi connectivity index (χ2v) is 24.1. The summed E-state index contributed by atoms with van der Waals surface area (Å²) in [6, 6.07) is 0. The van der Waals surface area contributed by atoms with Crippen molar-refractivity contribution in [3.8, 4) is 0 Å². The summed E-state index contributed by atoms with van der Waals surface area (Å²) in [4.78, 5) is 38.4. The Bertz CT molecular complexity index is 1380. The molecule has 0 bridgehead atoms. The van der Waals surface area contributed by atoms with E-state index in [-0.39, 0.29) is 31.1 Å². The van der Waals surface area contributed by atoms with Crippen LogP contribution in [0.1, 0.15) is 387 Å². The number of rotatable bonds is 66. The van der Waals surface area contributed by atoms with Crippen molar-refractivity contribution in [1.82, 2.24) is 0 Å². The molecule has 0 aliphatic heterocycles. The molecule has 80 heavy (non-hydrogen) atoms. The number of hydrogen-bond acceptors (Lipinski definition) is 6. The molecule has 0 heterocycles. The van der Waals surface area contributed by atoms with Gasteiger partial charge in [0, 0.05) is 19.3 Å². The van der Waals surface area contributed by atoms with Crippen LogP contribution in [0.25, 0.3) is 0 Å². The summed E-state index contributed by atoms with van der Waals surface area (Å²) < 4.78 is 17.0. The van der Waals surface area contributed by atoms with Crippen LogP contribution in [0, 0.1) is 0 Å². The van der Waals surface area contributed by atoms with E-state index in [1.165, 1.54) is 276 Å². The minimum Gasteiger partial charge on any atom is -0.462 e. The topological polar surface area (TPSA) is 78.9 Å². The summed E-state index contributed by atoms with van der Waals surface area (Å²) in [5.41, 5.74) is 0. The van der Waals surface area contributed by atoms with Crippen molar-refractivity contribution < 1.29 is 28.6 Å². The molecule has 6 nitrogen and oxygen atoms in total. The van der Waals surface area contributed by atoms with Crippen molar-refractivity contribution in [3.05, 3.63) is 48.6 Å². The minimum atomic E-state index is -0.778. The smallest absolute Gasteiger partial charge is 0.306 e. The minimum absolute atomic E-state index is 0.0732. The van der Waals surface area contributed by atoms with Crippen molar-refractivity contribution in [2.45, 2.75) is 393 Å². The Morgan fingerprint density at radius 1 is 0.250 bits per heavy atom. The zero-order valence-corrected chi connectivity index (χ0v) is 53.9. The van der Waals surface area contributed by atoms with Gasteiger partial charge < -0.3 is 14.2 Å². The number of allylic oxidation sites excluding steroid dienone is 8. The molecule has 0 fully saturated rings. The largest absolute Gasteiger partial charge is 0.462 e. The first-order valence-electron chi connectivity index (χ1n) is 35.6. The number of hydrogen-bond donors (Lipinski definition) is 0. The van der Waals surface area contributed by atoms with E-state index in [0.717, 1.165) is 70.6 Å². The fourth-order valence-electron chi connectivity index (χ4n) is 10.6. The average molecular weight is 1120 g/mol. The van der Waals surface area contributed by atoms with Crippen LogP contribution in [0.4, 0.5) is 0 Å². The van der Waals surface area contributed by atoms with Crippen molar-refractivity contribution in [2.24, 2.45) is 0 Å². The van der Waals surface area contributed by atoms with Gasteiger partial charge in [0.1, 0.15) is 13.2 Å². The van der Waals surface area contributed by atoms with Crippen LogP contribution >= 0.6 is 0 Å². The maximum atomic E-state index is 13.0. The maximum Gasteiger partial charge on any atom is 0.306 e. The van der Waals surface area contributed by atoms with Crippen LogP contribution in [0.3, 0.4) is 0 Å². The van der Waals surface area contributed by atoms with E-state index in [1.807, 2.05) is 0 Å². The summed E-state index contributed by atoms with van der Waals surface area (Å²) >= 11 is 0. The average Bonchev–Trinajstić information content (AvgIpc) is 3.46. The van der Waals surface area contributed by atoms with Gasteiger partial charge in [0.2, 0.25) is 0 Å². The third-order valence-electron chi connectivity index (χ3n) is 16.0. The Hall–Kier alpha value is -2.63. The molecule has 0 aromatic heterocycles. The molecule has 0 amide bonds. The van der Waals surface area contributed by atoms with Crippen molar-refractivity contribution in [1.29, 1.82) is 0 Å². The number of ether oxygens (including phenoxy) is 3. The molecule has 0 aliphatic carbocycles. The molecule has 1 unspecified atom stereocenters. The fourth-order valence-corrected chi connectivity index (χ4v) is 10.6. The molecule has 0 spiro atoms. The van der Waals surface area contributed by atoms with E-state index in [1.54, 1.807) is 0 Å². The Morgan fingerprint density at radius 3 is 0.700 bits per heavy atom. The summed E-state index contributed by atoms with van der Waals surface area (Å²) in [7, 11) is 0. The molecular weight excluding hydrogens is 985 g/mol. The molecule has 6 heteroatoms. The lowest BCUT2D eigenvalue weighted by Crippen LogP contribution is -2.30. The van der Waals surface area contributed by atoms with Crippen LogP contribution < -0.4 is 0 Å². The van der Waals surface area contributed by atoms with Crippen molar-refractivity contribution in [2.75, 3.05) is 13.2 Å². The van der Waals surface area contributed by atoms with E-state index >= 15 is 0 Å². The van der Waals surface area contributed by atoms with Crippen LogP contribution in [-0.4, -0.2) is 37.2 Å². The third-order valence-corrected chi connectivity index (χ3v) is 16.0. The SMILES string of the molecule is CCCCCCC/C=C\C/C=C\CCCCCCCCCCCCCC(=O)OC(COC(=O)CCCCCCC/C=C\CCCCCCC)COC(=O)CCCCCCCCCCCCCCC/C=C\CCCCCCCCCC. The predicted molar refractivity (Wildman–Crippen MR) is 349 cm³/mol. The standard InChI is InChI=1S/C74H136O6/c1-4-7-10-13-16-19-22-25-28-30-32-34-36-37-39-40-42-44-46-49-52-55-58-61-64-67-73(76)79-70-71(69-78-72(75)66-63-60-57-54-51-48-27-24-21-18-15-12-9-6-3)80-74(77)68-65-62-59-56-53-50-47-45-43-41-38-35-33-31-29-26-23-20-17-14-11-8-5-2/h23-24,26-27,30-33,71H,4-22,25,28-29,34-70H2,1-3H3/b26-23-,27-24-,32-30-,33-31-. The molecule has 468 valence electrons. The lowest BCUT2D eigenvalue weighted by atomic mass is 10.0. The van der Waals surface area contributed by atoms with Crippen molar-refractivity contribution >= 4 is 17.9 Å². The van der Waals surface area contributed by atoms with Gasteiger partial charge in [-0.05, 0) is 103 Å². The van der Waals surface area contributed by atoms with Gasteiger partial charge in [-0.2, -0.15) is 0 Å². The Labute approximate surface area is 498 Å². The molecule has 0 aromatic carbocycles. The zero-order chi connectivity index (χ0) is 57.8. The summed E-state index contributed by atoms with van der Waals surface area (Å²) in [6.45, 7) is 6.68. The van der Waals surface area contributed by atoms with E-state index in [9.17, 15) is 14.4 Å². The molecular formula is C74H136O6. The Balaban J connectivity index is 4.27. The fraction of sp³-hybridized carbons (Fsp3) is 0.851. The monoisotopic (exact) mass is 1120 g/mol. The highest BCUT2D eigenvalue weighted by Crippen LogP contribution is 2.18. The molecule has 0 saturated heterocycles. The first kappa shape index (κ1) is 77.4. The van der Waals surface area contributed by atoms with E-state index < -0.39 is 6.10 Å². The van der Waals surface area contributed by atoms with Gasteiger partial charge in [-0.3, -0.25) is 14.4 Å². The van der Waals surface area contributed by atoms with Crippen molar-refractivity contribution in [3.63, 3.8) is 0 Å². The second-order valence-electron chi connectivity index (χ2n) is 24.1. The molecule has 0 N–H and O–H groups in total. The third kappa shape index (κ3) is 66.2. The zero-order valence-electron chi connectivity index (χ0n) is 53.9. The van der Waals surface area contributed by atoms with Crippen LogP contribution in [-0.2, 0) is 28.6 Å². The molecule has 0 radical (unpaired) electrons. The van der Waals surface area contributed by atoms with Gasteiger partial charge in [-0.15, -0.1) is 0 Å². The highest BCUT2D eigenvalue weighted by Gasteiger charge is 2.19. The maximum absolute atomic E-state index is 13.0. The quantitative estimate of drug-likeness (QED) is 0.0261. The summed E-state index contributed by atoms with van der Waals surface area (Å²) in [6.07, 6.45) is 87.1. The number of carbonyl (C=O) groups excluding carboxylic acids is 3. The number of unbranched alkanes of at least 4 members (excludes halogenated alkanes) is 47. The lowest BCUT2D eigenvalue weighted by Gasteiger charge is -2.18. The molecule has 0 saturated carbocycles. The normalized spacial score (nSPS) is 12.3. The van der Waals surface area contributed by atoms with Gasteiger partial charge in [-0.25, -0.2) is 0 Å². The van der Waals surface area contributed by atoms with E-state index in [0.29, 0.717) is 19.3 Å². The van der Waals surface area contributed by atoms with Crippen LogP contribution in [0.2, 0.25) is 0 Å². The van der Waals surface area contributed by atoms with Gasteiger partial charge in [-0.1, -0.05) is 313 Å². The van der Waals surface area contributed by atoms with Crippen LogP contribution in [0.15, 0.2) is 48.6 Å². The Morgan fingerprint density at radius 2 is 0.450 bits per heavy atom. The second kappa shape index (κ2) is 68.9. The highest BCUT2D eigenvalue weighted by molar-refractivity contribution is 5.71. The van der Waals surface area contributed by atoms with Gasteiger partial charge >= 0.3 is 17.9 Å². The lowest BCUT2D eigenvalue weighted by molar-refractivity contribution is -0.167. The molecule has 0 aromatic rings. The number of esters is 3.